The predicted molar refractivity (Wildman–Crippen MR) is 116 cm³/mol. The molecule has 0 radical (unpaired) electrons. The molecule has 0 saturated heterocycles. The van der Waals surface area contributed by atoms with E-state index in [9.17, 15) is 4.79 Å². The van der Waals surface area contributed by atoms with Crippen LogP contribution in [-0.4, -0.2) is 10.9 Å². The molecule has 0 fully saturated rings. The highest BCUT2D eigenvalue weighted by Crippen LogP contribution is 2.28. The summed E-state index contributed by atoms with van der Waals surface area (Å²) in [7, 11) is 0. The van der Waals surface area contributed by atoms with Crippen molar-refractivity contribution in [3.8, 4) is 11.5 Å². The average molecular weight is 378 g/mol. The van der Waals surface area contributed by atoms with Crippen molar-refractivity contribution in [1.82, 2.24) is 4.98 Å². The molecular formula is C25H18N2O2. The Labute approximate surface area is 167 Å². The number of aromatic nitrogens is 1. The summed E-state index contributed by atoms with van der Waals surface area (Å²) in [4.78, 5) is 17.2. The summed E-state index contributed by atoms with van der Waals surface area (Å²) in [5.74, 6) is 0.425. The van der Waals surface area contributed by atoms with Crippen LogP contribution < -0.4 is 5.32 Å². The van der Waals surface area contributed by atoms with Crippen LogP contribution in [0.25, 0.3) is 33.3 Å². The molecule has 0 saturated carbocycles. The Morgan fingerprint density at radius 3 is 2.52 bits per heavy atom. The van der Waals surface area contributed by atoms with Gasteiger partial charge < -0.3 is 9.73 Å². The number of benzene rings is 4. The van der Waals surface area contributed by atoms with Crippen molar-refractivity contribution in [2.24, 2.45) is 0 Å². The minimum atomic E-state index is -0.138. The minimum absolute atomic E-state index is 0.138. The number of fused-ring (bicyclic) bond motifs is 2. The molecule has 0 aliphatic rings. The maximum atomic E-state index is 12.6. The van der Waals surface area contributed by atoms with Crippen molar-refractivity contribution in [3.05, 3.63) is 96.1 Å². The summed E-state index contributed by atoms with van der Waals surface area (Å²) >= 11 is 0. The van der Waals surface area contributed by atoms with Gasteiger partial charge in [-0.25, -0.2) is 4.98 Å². The van der Waals surface area contributed by atoms with Crippen LogP contribution in [0.15, 0.2) is 89.3 Å². The van der Waals surface area contributed by atoms with Crippen LogP contribution in [0.3, 0.4) is 0 Å². The normalized spacial score (nSPS) is 11.1. The van der Waals surface area contributed by atoms with Crippen LogP contribution in [0.4, 0.5) is 5.69 Å². The van der Waals surface area contributed by atoms with Crippen molar-refractivity contribution in [2.75, 3.05) is 5.32 Å². The third-order valence-corrected chi connectivity index (χ3v) is 5.03. The topological polar surface area (TPSA) is 55.1 Å². The van der Waals surface area contributed by atoms with Crippen molar-refractivity contribution >= 4 is 33.5 Å². The largest absolute Gasteiger partial charge is 0.436 e. The fraction of sp³-hybridized carbons (Fsp3) is 0.0400. The molecule has 1 N–H and O–H groups in total. The highest BCUT2D eigenvalue weighted by molar-refractivity contribution is 6.05. The average Bonchev–Trinajstić information content (AvgIpc) is 3.17. The number of oxazole rings is 1. The van der Waals surface area contributed by atoms with E-state index in [1.165, 1.54) is 5.39 Å². The van der Waals surface area contributed by atoms with E-state index in [2.05, 4.69) is 34.6 Å². The number of aryl methyl sites for hydroxylation is 1. The minimum Gasteiger partial charge on any atom is -0.436 e. The summed E-state index contributed by atoms with van der Waals surface area (Å²) in [6, 6.07) is 27.3. The van der Waals surface area contributed by atoms with E-state index in [0.29, 0.717) is 28.2 Å². The van der Waals surface area contributed by atoms with E-state index in [1.54, 1.807) is 0 Å². The number of nitrogens with one attached hydrogen (secondary N) is 1. The lowest BCUT2D eigenvalue weighted by Gasteiger charge is -2.07. The zero-order chi connectivity index (χ0) is 19.8. The number of amides is 1. The highest BCUT2D eigenvalue weighted by atomic mass is 16.3. The molecule has 1 heterocycles. The standard InChI is InChI=1S/C25H18N2O2/c1-16-6-2-5-9-21(16)24(28)26-20-12-13-23-22(15-20)27-25(29-23)19-11-10-17-7-3-4-8-18(17)14-19/h2-15H,1H3,(H,26,28). The van der Waals surface area contributed by atoms with Gasteiger partial charge in [0, 0.05) is 16.8 Å². The van der Waals surface area contributed by atoms with Gasteiger partial charge in [0.1, 0.15) is 5.52 Å². The van der Waals surface area contributed by atoms with Gasteiger partial charge in [-0.2, -0.15) is 0 Å². The highest BCUT2D eigenvalue weighted by Gasteiger charge is 2.12. The Balaban J connectivity index is 1.46. The van der Waals surface area contributed by atoms with Gasteiger partial charge >= 0.3 is 0 Å². The summed E-state index contributed by atoms with van der Waals surface area (Å²) in [5, 5.41) is 5.26. The molecule has 5 rings (SSSR count). The van der Waals surface area contributed by atoms with Gasteiger partial charge in [0.25, 0.3) is 5.91 Å². The Hall–Kier alpha value is -3.92. The van der Waals surface area contributed by atoms with E-state index < -0.39 is 0 Å². The third kappa shape index (κ3) is 3.25. The lowest BCUT2D eigenvalue weighted by atomic mass is 10.1. The summed E-state index contributed by atoms with van der Waals surface area (Å²) in [5.41, 5.74) is 4.59. The molecule has 0 aliphatic heterocycles. The maximum absolute atomic E-state index is 12.6. The number of rotatable bonds is 3. The number of carbonyl (C=O) groups excluding carboxylic acids is 1. The van der Waals surface area contributed by atoms with Crippen LogP contribution in [0, 0.1) is 6.92 Å². The van der Waals surface area contributed by atoms with E-state index in [-0.39, 0.29) is 5.91 Å². The lowest BCUT2D eigenvalue weighted by Crippen LogP contribution is -2.13. The van der Waals surface area contributed by atoms with E-state index in [1.807, 2.05) is 67.6 Å². The maximum Gasteiger partial charge on any atom is 0.255 e. The second kappa shape index (κ2) is 6.91. The number of carbonyl (C=O) groups is 1. The number of anilines is 1. The van der Waals surface area contributed by atoms with Gasteiger partial charge in [0.15, 0.2) is 5.58 Å². The summed E-state index contributed by atoms with van der Waals surface area (Å²) in [6.45, 7) is 1.92. The van der Waals surface area contributed by atoms with Crippen LogP contribution in [0.1, 0.15) is 15.9 Å². The van der Waals surface area contributed by atoms with Crippen LogP contribution in [-0.2, 0) is 0 Å². The van der Waals surface area contributed by atoms with Gasteiger partial charge in [-0.1, -0.05) is 48.5 Å². The van der Waals surface area contributed by atoms with Crippen molar-refractivity contribution in [1.29, 1.82) is 0 Å². The smallest absolute Gasteiger partial charge is 0.255 e. The Kier molecular flexibility index (Phi) is 4.10. The zero-order valence-electron chi connectivity index (χ0n) is 15.8. The van der Waals surface area contributed by atoms with E-state index in [4.69, 9.17) is 4.42 Å². The van der Waals surface area contributed by atoms with Crippen LogP contribution in [0.5, 0.6) is 0 Å². The molecule has 1 aromatic heterocycles. The van der Waals surface area contributed by atoms with Gasteiger partial charge in [-0.15, -0.1) is 0 Å². The second-order valence-corrected chi connectivity index (χ2v) is 7.03. The number of hydrogen-bond acceptors (Lipinski definition) is 3. The second-order valence-electron chi connectivity index (χ2n) is 7.03. The molecule has 0 spiro atoms. The lowest BCUT2D eigenvalue weighted by molar-refractivity contribution is 0.102. The van der Waals surface area contributed by atoms with Gasteiger partial charge in [-0.3, -0.25) is 4.79 Å². The number of nitrogens with zero attached hydrogens (tertiary/aromatic N) is 1. The van der Waals surface area contributed by atoms with E-state index in [0.717, 1.165) is 16.5 Å². The molecule has 0 unspecified atom stereocenters. The third-order valence-electron chi connectivity index (χ3n) is 5.03. The molecule has 140 valence electrons. The molecule has 4 heteroatoms. The SMILES string of the molecule is Cc1ccccc1C(=O)Nc1ccc2oc(-c3ccc4ccccc4c3)nc2c1. The van der Waals surface area contributed by atoms with Crippen molar-refractivity contribution < 1.29 is 9.21 Å². The Bertz CT molecular complexity index is 1370. The Morgan fingerprint density at radius 2 is 1.66 bits per heavy atom. The molecule has 4 nitrogen and oxygen atoms in total. The first-order valence-electron chi connectivity index (χ1n) is 9.44. The quantitative estimate of drug-likeness (QED) is 0.406. The molecule has 4 aromatic carbocycles. The molecule has 0 bridgehead atoms. The fourth-order valence-electron chi connectivity index (χ4n) is 3.48. The van der Waals surface area contributed by atoms with Gasteiger partial charge in [0.2, 0.25) is 5.89 Å². The van der Waals surface area contributed by atoms with E-state index >= 15 is 0 Å². The first kappa shape index (κ1) is 17.2. The van der Waals surface area contributed by atoms with Crippen LogP contribution in [0.2, 0.25) is 0 Å². The fourth-order valence-corrected chi connectivity index (χ4v) is 3.48. The summed E-state index contributed by atoms with van der Waals surface area (Å²) in [6.07, 6.45) is 0. The predicted octanol–water partition coefficient (Wildman–Crippen LogP) is 6.21. The first-order valence-corrected chi connectivity index (χ1v) is 9.44. The molecule has 29 heavy (non-hydrogen) atoms. The zero-order valence-corrected chi connectivity index (χ0v) is 15.8. The molecule has 0 atom stereocenters. The molecule has 0 aliphatic carbocycles. The van der Waals surface area contributed by atoms with Crippen molar-refractivity contribution in [3.63, 3.8) is 0 Å². The number of hydrogen-bond donors (Lipinski definition) is 1. The molecular weight excluding hydrogens is 360 g/mol. The van der Waals surface area contributed by atoms with Crippen LogP contribution >= 0.6 is 0 Å². The van der Waals surface area contributed by atoms with Gasteiger partial charge in [0.05, 0.1) is 0 Å². The first-order chi connectivity index (χ1) is 14.2. The Morgan fingerprint density at radius 1 is 0.862 bits per heavy atom. The molecule has 5 aromatic rings. The monoisotopic (exact) mass is 378 g/mol. The summed E-state index contributed by atoms with van der Waals surface area (Å²) < 4.78 is 5.94. The molecule has 1 amide bonds. The van der Waals surface area contributed by atoms with Gasteiger partial charge in [-0.05, 0) is 59.7 Å². The van der Waals surface area contributed by atoms with Crippen molar-refractivity contribution in [2.45, 2.75) is 6.92 Å².